The topological polar surface area (TPSA) is 20.3 Å². The molecule has 0 amide bonds. The first-order valence-electron chi connectivity index (χ1n) is 5.11. The molecule has 0 spiro atoms. The molecule has 1 rings (SSSR count). The molecule has 0 bridgehead atoms. The largest absolute Gasteiger partial charge is 0.306 e. The van der Waals surface area contributed by atoms with Gasteiger partial charge < -0.3 is 4.90 Å². The summed E-state index contributed by atoms with van der Waals surface area (Å²) in [5, 5.41) is 0. The number of nitrogens with zero attached hydrogens (tertiary/aromatic N) is 1. The number of likely N-dealkylation sites (tertiary alicyclic amines) is 1. The van der Waals surface area contributed by atoms with Crippen LogP contribution in [0.1, 0.15) is 33.6 Å². The predicted octanol–water partition coefficient (Wildman–Crippen LogP) is 1.94. The summed E-state index contributed by atoms with van der Waals surface area (Å²) in [5.41, 5.74) is -0.152. The number of hydrogen-bond acceptors (Lipinski definition) is 2. The van der Waals surface area contributed by atoms with Crippen LogP contribution in [0.5, 0.6) is 0 Å². The fraction of sp³-hybridized carbons (Fsp3) is 0.909. The van der Waals surface area contributed by atoms with Crippen LogP contribution < -0.4 is 0 Å². The van der Waals surface area contributed by atoms with Crippen molar-refractivity contribution in [1.29, 1.82) is 0 Å². The molecule has 0 aromatic heterocycles. The second-order valence-electron chi connectivity index (χ2n) is 5.29. The molecular weight excluding hydrogens is 162 g/mol. The summed E-state index contributed by atoms with van der Waals surface area (Å²) in [6.45, 7) is 8.28. The molecule has 1 aliphatic rings. The van der Waals surface area contributed by atoms with Gasteiger partial charge in [0.05, 0.1) is 0 Å². The van der Waals surface area contributed by atoms with E-state index >= 15 is 0 Å². The average Bonchev–Trinajstić information content (AvgIpc) is 2.33. The SMILES string of the molecule is CN1CCC(CC(=O)C(C)(C)C)C1. The smallest absolute Gasteiger partial charge is 0.138 e. The van der Waals surface area contributed by atoms with Crippen LogP contribution in [0.4, 0.5) is 0 Å². The minimum absolute atomic E-state index is 0.152. The van der Waals surface area contributed by atoms with Crippen LogP contribution in [0.25, 0.3) is 0 Å². The van der Waals surface area contributed by atoms with Crippen molar-refractivity contribution in [2.24, 2.45) is 11.3 Å². The highest BCUT2D eigenvalue weighted by Gasteiger charge is 2.27. The van der Waals surface area contributed by atoms with Gasteiger partial charge in [-0.25, -0.2) is 0 Å². The van der Waals surface area contributed by atoms with Crippen molar-refractivity contribution >= 4 is 5.78 Å². The van der Waals surface area contributed by atoms with E-state index in [0.717, 1.165) is 19.5 Å². The van der Waals surface area contributed by atoms with Gasteiger partial charge in [0, 0.05) is 18.4 Å². The standard InChI is InChI=1S/C11H21NO/c1-11(2,3)10(13)7-9-5-6-12(4)8-9/h9H,5-8H2,1-4H3. The van der Waals surface area contributed by atoms with Crippen molar-refractivity contribution in [2.75, 3.05) is 20.1 Å². The molecule has 2 nitrogen and oxygen atoms in total. The molecule has 1 fully saturated rings. The van der Waals surface area contributed by atoms with E-state index in [1.54, 1.807) is 0 Å². The van der Waals surface area contributed by atoms with Crippen LogP contribution in [-0.4, -0.2) is 30.8 Å². The van der Waals surface area contributed by atoms with Gasteiger partial charge in [-0.3, -0.25) is 4.79 Å². The Morgan fingerprint density at radius 2 is 2.08 bits per heavy atom. The molecule has 0 aromatic rings. The van der Waals surface area contributed by atoms with Gasteiger partial charge in [0.1, 0.15) is 5.78 Å². The molecule has 1 saturated heterocycles. The summed E-state index contributed by atoms with van der Waals surface area (Å²) in [5.74, 6) is 1.02. The summed E-state index contributed by atoms with van der Waals surface area (Å²) in [6, 6.07) is 0. The van der Waals surface area contributed by atoms with Gasteiger partial charge in [0.25, 0.3) is 0 Å². The molecule has 1 atom stereocenters. The first-order valence-corrected chi connectivity index (χ1v) is 5.11. The second kappa shape index (κ2) is 3.79. The van der Waals surface area contributed by atoms with E-state index in [1.165, 1.54) is 6.42 Å². The first kappa shape index (κ1) is 10.7. The Hall–Kier alpha value is -0.370. The van der Waals surface area contributed by atoms with Gasteiger partial charge in [-0.2, -0.15) is 0 Å². The lowest BCUT2D eigenvalue weighted by Gasteiger charge is -2.19. The molecule has 0 radical (unpaired) electrons. The molecule has 0 aromatic carbocycles. The maximum Gasteiger partial charge on any atom is 0.138 e. The van der Waals surface area contributed by atoms with E-state index in [1.807, 2.05) is 20.8 Å². The molecule has 0 N–H and O–H groups in total. The number of hydrogen-bond donors (Lipinski definition) is 0. The Morgan fingerprint density at radius 3 is 2.46 bits per heavy atom. The zero-order valence-electron chi connectivity index (χ0n) is 9.26. The lowest BCUT2D eigenvalue weighted by Crippen LogP contribution is -2.24. The number of ketones is 1. The van der Waals surface area contributed by atoms with Gasteiger partial charge >= 0.3 is 0 Å². The quantitative estimate of drug-likeness (QED) is 0.652. The minimum atomic E-state index is -0.152. The third-order valence-corrected chi connectivity index (χ3v) is 2.80. The molecule has 0 saturated carbocycles. The minimum Gasteiger partial charge on any atom is -0.306 e. The number of carbonyl (C=O) groups is 1. The first-order chi connectivity index (χ1) is 5.89. The van der Waals surface area contributed by atoms with Gasteiger partial charge in [-0.05, 0) is 25.9 Å². The zero-order valence-corrected chi connectivity index (χ0v) is 9.26. The van der Waals surface area contributed by atoms with Crippen molar-refractivity contribution in [2.45, 2.75) is 33.6 Å². The summed E-state index contributed by atoms with van der Waals surface area (Å²) >= 11 is 0. The molecular formula is C11H21NO. The van der Waals surface area contributed by atoms with Crippen LogP contribution in [0.3, 0.4) is 0 Å². The van der Waals surface area contributed by atoms with E-state index in [-0.39, 0.29) is 5.41 Å². The van der Waals surface area contributed by atoms with E-state index in [2.05, 4.69) is 11.9 Å². The molecule has 1 heterocycles. The lowest BCUT2D eigenvalue weighted by atomic mass is 9.85. The fourth-order valence-electron chi connectivity index (χ4n) is 1.76. The zero-order chi connectivity index (χ0) is 10.1. The number of carbonyl (C=O) groups excluding carboxylic acids is 1. The maximum absolute atomic E-state index is 11.7. The van der Waals surface area contributed by atoms with Gasteiger partial charge in [0.2, 0.25) is 0 Å². The molecule has 13 heavy (non-hydrogen) atoms. The van der Waals surface area contributed by atoms with Crippen molar-refractivity contribution in [3.63, 3.8) is 0 Å². The van der Waals surface area contributed by atoms with Crippen LogP contribution in [0, 0.1) is 11.3 Å². The number of rotatable bonds is 2. The second-order valence-corrected chi connectivity index (χ2v) is 5.29. The third-order valence-electron chi connectivity index (χ3n) is 2.80. The van der Waals surface area contributed by atoms with Crippen LogP contribution in [-0.2, 0) is 4.79 Å². The van der Waals surface area contributed by atoms with Gasteiger partial charge in [-0.1, -0.05) is 20.8 Å². The molecule has 1 unspecified atom stereocenters. The predicted molar refractivity (Wildman–Crippen MR) is 54.7 cm³/mol. The highest BCUT2D eigenvalue weighted by Crippen LogP contribution is 2.24. The Bertz CT molecular complexity index is 193. The monoisotopic (exact) mass is 183 g/mol. The van der Waals surface area contributed by atoms with Gasteiger partial charge in [-0.15, -0.1) is 0 Å². The van der Waals surface area contributed by atoms with Gasteiger partial charge in [0.15, 0.2) is 0 Å². The average molecular weight is 183 g/mol. The molecule has 76 valence electrons. The molecule has 0 aliphatic carbocycles. The van der Waals surface area contributed by atoms with Crippen molar-refractivity contribution in [1.82, 2.24) is 4.90 Å². The number of Topliss-reactive ketones (excluding diaryl/α,β-unsaturated/α-hetero) is 1. The molecule has 1 aliphatic heterocycles. The van der Waals surface area contributed by atoms with E-state index < -0.39 is 0 Å². The molecule has 2 heteroatoms. The van der Waals surface area contributed by atoms with Crippen molar-refractivity contribution < 1.29 is 4.79 Å². The normalized spacial score (nSPS) is 25.1. The Kier molecular flexibility index (Phi) is 3.12. The highest BCUT2D eigenvalue weighted by atomic mass is 16.1. The summed E-state index contributed by atoms with van der Waals surface area (Å²) in [6.07, 6.45) is 1.96. The fourth-order valence-corrected chi connectivity index (χ4v) is 1.76. The summed E-state index contributed by atoms with van der Waals surface area (Å²) in [4.78, 5) is 14.0. The summed E-state index contributed by atoms with van der Waals surface area (Å²) in [7, 11) is 2.13. The lowest BCUT2D eigenvalue weighted by molar-refractivity contribution is -0.127. The van der Waals surface area contributed by atoms with E-state index in [4.69, 9.17) is 0 Å². The van der Waals surface area contributed by atoms with Crippen molar-refractivity contribution in [3.05, 3.63) is 0 Å². The third kappa shape index (κ3) is 3.11. The van der Waals surface area contributed by atoms with Crippen molar-refractivity contribution in [3.8, 4) is 0 Å². The summed E-state index contributed by atoms with van der Waals surface area (Å²) < 4.78 is 0. The van der Waals surface area contributed by atoms with Crippen LogP contribution >= 0.6 is 0 Å². The van der Waals surface area contributed by atoms with E-state index in [0.29, 0.717) is 11.7 Å². The maximum atomic E-state index is 11.7. The Morgan fingerprint density at radius 1 is 1.46 bits per heavy atom. The van der Waals surface area contributed by atoms with E-state index in [9.17, 15) is 4.79 Å². The Balaban J connectivity index is 2.37. The van der Waals surface area contributed by atoms with Crippen LogP contribution in [0.15, 0.2) is 0 Å². The highest BCUT2D eigenvalue weighted by molar-refractivity contribution is 5.83. The Labute approximate surface area is 81.3 Å². The van der Waals surface area contributed by atoms with Crippen LogP contribution in [0.2, 0.25) is 0 Å².